The van der Waals surface area contributed by atoms with Crippen molar-refractivity contribution in [1.29, 1.82) is 0 Å². The van der Waals surface area contributed by atoms with Crippen molar-refractivity contribution in [3.63, 3.8) is 0 Å². The Morgan fingerprint density at radius 1 is 1.39 bits per heavy atom. The second-order valence-electron chi connectivity index (χ2n) is 6.62. The molecule has 4 rings (SSSR count). The predicted octanol–water partition coefficient (Wildman–Crippen LogP) is 1.96. The summed E-state index contributed by atoms with van der Waals surface area (Å²) in [5.41, 5.74) is 1.18. The van der Waals surface area contributed by atoms with Crippen molar-refractivity contribution in [3.8, 4) is 0 Å². The molecule has 0 aromatic carbocycles. The lowest BCUT2D eigenvalue weighted by atomic mass is 9.84. The third kappa shape index (κ3) is 3.42. The van der Waals surface area contributed by atoms with Crippen LogP contribution in [0.1, 0.15) is 36.4 Å². The topological polar surface area (TPSA) is 60.7 Å². The van der Waals surface area contributed by atoms with Gasteiger partial charge in [0.15, 0.2) is 0 Å². The fraction of sp³-hybridized carbons (Fsp3) is 0.750. The number of hydrogen-bond acceptors (Lipinski definition) is 6. The van der Waals surface area contributed by atoms with E-state index in [1.54, 1.807) is 11.3 Å². The molecule has 2 aliphatic heterocycles. The largest absolute Gasteiger partial charge is 0.381 e. The first-order valence-electron chi connectivity index (χ1n) is 8.49. The molecule has 0 aliphatic carbocycles. The first kappa shape index (κ1) is 15.5. The molecule has 23 heavy (non-hydrogen) atoms. The van der Waals surface area contributed by atoms with Crippen LogP contribution in [0.25, 0.3) is 4.96 Å². The minimum atomic E-state index is 0.0621. The van der Waals surface area contributed by atoms with E-state index < -0.39 is 0 Å². The fourth-order valence-corrected chi connectivity index (χ4v) is 4.41. The van der Waals surface area contributed by atoms with Gasteiger partial charge in [-0.05, 0) is 32.6 Å². The maximum absolute atomic E-state index is 6.10. The number of nitrogens with zero attached hydrogens (tertiary/aromatic N) is 3. The van der Waals surface area contributed by atoms with E-state index in [0.29, 0.717) is 6.04 Å². The van der Waals surface area contributed by atoms with Crippen LogP contribution in [0.4, 0.5) is 0 Å². The van der Waals surface area contributed by atoms with E-state index in [1.807, 2.05) is 17.6 Å². The molecule has 0 radical (unpaired) electrons. The van der Waals surface area contributed by atoms with Gasteiger partial charge in [0.2, 0.25) is 4.96 Å². The van der Waals surface area contributed by atoms with Crippen molar-refractivity contribution in [1.82, 2.24) is 19.9 Å². The van der Waals surface area contributed by atoms with Gasteiger partial charge in [-0.25, -0.2) is 9.50 Å². The van der Waals surface area contributed by atoms with Crippen LogP contribution in [-0.4, -0.2) is 52.6 Å². The van der Waals surface area contributed by atoms with Gasteiger partial charge < -0.3 is 14.8 Å². The van der Waals surface area contributed by atoms with Gasteiger partial charge in [-0.3, -0.25) is 0 Å². The van der Waals surface area contributed by atoms with Crippen LogP contribution in [0, 0.1) is 6.92 Å². The summed E-state index contributed by atoms with van der Waals surface area (Å²) in [7, 11) is 0. The molecular weight excluding hydrogens is 312 g/mol. The summed E-state index contributed by atoms with van der Waals surface area (Å²) >= 11 is 1.64. The maximum Gasteiger partial charge on any atom is 0.212 e. The van der Waals surface area contributed by atoms with Gasteiger partial charge >= 0.3 is 0 Å². The zero-order valence-corrected chi connectivity index (χ0v) is 14.4. The molecule has 1 spiro atoms. The molecule has 0 saturated carbocycles. The molecule has 2 aromatic rings. The maximum atomic E-state index is 6.10. The Bertz CT molecular complexity index is 625. The minimum absolute atomic E-state index is 0.0621. The Kier molecular flexibility index (Phi) is 4.36. The van der Waals surface area contributed by atoms with Crippen LogP contribution < -0.4 is 5.32 Å². The molecule has 6 nitrogen and oxygen atoms in total. The average Bonchev–Trinajstić information content (AvgIpc) is 3.05. The number of aryl methyl sites for hydroxylation is 1. The van der Waals surface area contributed by atoms with Crippen LogP contribution >= 0.6 is 11.3 Å². The quantitative estimate of drug-likeness (QED) is 0.925. The molecule has 126 valence electrons. The lowest BCUT2D eigenvalue weighted by molar-refractivity contribution is -0.140. The Morgan fingerprint density at radius 3 is 3.09 bits per heavy atom. The van der Waals surface area contributed by atoms with Crippen LogP contribution in [-0.2, 0) is 15.9 Å². The number of aromatic nitrogens is 3. The number of rotatable bonds is 4. The van der Waals surface area contributed by atoms with Crippen LogP contribution in [0.5, 0.6) is 0 Å². The van der Waals surface area contributed by atoms with E-state index in [0.717, 1.165) is 74.1 Å². The van der Waals surface area contributed by atoms with E-state index >= 15 is 0 Å². The van der Waals surface area contributed by atoms with Crippen molar-refractivity contribution in [3.05, 3.63) is 16.9 Å². The molecule has 1 atom stereocenters. The molecule has 0 bridgehead atoms. The molecule has 4 heterocycles. The number of nitrogens with one attached hydrogen (secondary N) is 1. The van der Waals surface area contributed by atoms with E-state index in [-0.39, 0.29) is 5.60 Å². The Labute approximate surface area is 140 Å². The molecule has 2 saturated heterocycles. The van der Waals surface area contributed by atoms with Gasteiger partial charge in [0.25, 0.3) is 0 Å². The summed E-state index contributed by atoms with van der Waals surface area (Å²) in [6.07, 6.45) is 7.27. The highest BCUT2D eigenvalue weighted by molar-refractivity contribution is 7.16. The molecule has 1 N–H and O–H groups in total. The smallest absolute Gasteiger partial charge is 0.212 e. The summed E-state index contributed by atoms with van der Waals surface area (Å²) in [5.74, 6) is 0. The molecule has 7 heteroatoms. The molecule has 0 amide bonds. The molecule has 2 fully saturated rings. The van der Waals surface area contributed by atoms with Crippen LogP contribution in [0.15, 0.2) is 6.20 Å². The first-order valence-corrected chi connectivity index (χ1v) is 9.31. The fourth-order valence-electron chi connectivity index (χ4n) is 3.66. The molecule has 2 aliphatic rings. The lowest BCUT2D eigenvalue weighted by Crippen LogP contribution is -2.50. The SMILES string of the molecule is Cc1nn2cc(CCNC3CCOC4(CCOCC4)C3)nc2s1. The number of hydrogen-bond donors (Lipinski definition) is 1. The summed E-state index contributed by atoms with van der Waals surface area (Å²) < 4.78 is 13.5. The van der Waals surface area contributed by atoms with Gasteiger partial charge in [-0.2, -0.15) is 5.10 Å². The van der Waals surface area contributed by atoms with Crippen molar-refractivity contribution in [2.75, 3.05) is 26.4 Å². The second-order valence-corrected chi connectivity index (χ2v) is 7.78. The highest BCUT2D eigenvalue weighted by Crippen LogP contribution is 2.34. The standard InChI is InChI=1S/C16H24N4O2S/c1-12-19-20-11-14(18-15(20)23-12)2-6-17-13-3-7-22-16(10-13)4-8-21-9-5-16/h11,13,17H,2-10H2,1H3. The Balaban J connectivity index is 1.29. The summed E-state index contributed by atoms with van der Waals surface area (Å²) in [4.78, 5) is 5.63. The summed E-state index contributed by atoms with van der Waals surface area (Å²) in [6.45, 7) is 5.51. The van der Waals surface area contributed by atoms with Crippen molar-refractivity contribution in [2.45, 2.75) is 50.7 Å². The van der Waals surface area contributed by atoms with Crippen molar-refractivity contribution in [2.24, 2.45) is 0 Å². The third-order valence-electron chi connectivity index (χ3n) is 4.91. The van der Waals surface area contributed by atoms with Gasteiger partial charge in [0.05, 0.1) is 17.5 Å². The van der Waals surface area contributed by atoms with Gasteiger partial charge in [-0.15, -0.1) is 0 Å². The summed E-state index contributed by atoms with van der Waals surface area (Å²) in [5, 5.41) is 9.17. The van der Waals surface area contributed by atoms with E-state index in [4.69, 9.17) is 9.47 Å². The van der Waals surface area contributed by atoms with Crippen LogP contribution in [0.2, 0.25) is 0 Å². The number of imidazole rings is 1. The van der Waals surface area contributed by atoms with Gasteiger partial charge in [0, 0.05) is 38.8 Å². The van der Waals surface area contributed by atoms with E-state index in [1.165, 1.54) is 0 Å². The Hall–Kier alpha value is -1.02. The number of fused-ring (bicyclic) bond motifs is 1. The number of ether oxygens (including phenoxy) is 2. The average molecular weight is 336 g/mol. The monoisotopic (exact) mass is 336 g/mol. The highest BCUT2D eigenvalue weighted by atomic mass is 32.1. The Morgan fingerprint density at radius 2 is 2.26 bits per heavy atom. The van der Waals surface area contributed by atoms with Crippen LogP contribution in [0.3, 0.4) is 0 Å². The lowest BCUT2D eigenvalue weighted by Gasteiger charge is -2.43. The van der Waals surface area contributed by atoms with Gasteiger partial charge in [-0.1, -0.05) is 11.3 Å². The molecule has 1 unspecified atom stereocenters. The van der Waals surface area contributed by atoms with E-state index in [2.05, 4.69) is 15.4 Å². The normalized spacial score (nSPS) is 24.5. The van der Waals surface area contributed by atoms with Crippen molar-refractivity contribution < 1.29 is 9.47 Å². The molecular formula is C16H24N4O2S. The predicted molar refractivity (Wildman–Crippen MR) is 89.1 cm³/mol. The summed E-state index contributed by atoms with van der Waals surface area (Å²) in [6, 6.07) is 0.547. The molecule has 2 aromatic heterocycles. The minimum Gasteiger partial charge on any atom is -0.381 e. The van der Waals surface area contributed by atoms with E-state index in [9.17, 15) is 0 Å². The van der Waals surface area contributed by atoms with Gasteiger partial charge in [0.1, 0.15) is 5.01 Å². The highest BCUT2D eigenvalue weighted by Gasteiger charge is 2.38. The zero-order valence-electron chi connectivity index (χ0n) is 13.6. The van der Waals surface area contributed by atoms with Crippen molar-refractivity contribution >= 4 is 16.3 Å². The third-order valence-corrected chi connectivity index (χ3v) is 5.74. The second kappa shape index (κ2) is 6.47. The zero-order chi connectivity index (χ0) is 15.7. The first-order chi connectivity index (χ1) is 11.2.